The van der Waals surface area contributed by atoms with E-state index in [-0.39, 0.29) is 17.3 Å². The fraction of sp³-hybridized carbons (Fsp3) is 0.706. The van der Waals surface area contributed by atoms with Crippen molar-refractivity contribution in [2.75, 3.05) is 6.54 Å². The van der Waals surface area contributed by atoms with Gasteiger partial charge in [0.15, 0.2) is 5.78 Å². The van der Waals surface area contributed by atoms with E-state index >= 15 is 0 Å². The molecular formula is C17H23NO2. The fourth-order valence-electron chi connectivity index (χ4n) is 4.99. The van der Waals surface area contributed by atoms with E-state index in [0.717, 1.165) is 45.1 Å². The van der Waals surface area contributed by atoms with Crippen molar-refractivity contribution in [3.05, 3.63) is 23.0 Å². The summed E-state index contributed by atoms with van der Waals surface area (Å²) in [6.45, 7) is 3.15. The third-order valence-corrected chi connectivity index (χ3v) is 6.21. The van der Waals surface area contributed by atoms with Gasteiger partial charge in [0.1, 0.15) is 0 Å². The topological polar surface area (TPSA) is 40.5 Å². The van der Waals surface area contributed by atoms with Crippen LogP contribution >= 0.6 is 0 Å². The van der Waals surface area contributed by atoms with Crippen LogP contribution in [0, 0.1) is 11.3 Å². The zero-order valence-electron chi connectivity index (χ0n) is 12.2. The zero-order valence-corrected chi connectivity index (χ0v) is 12.2. The molecule has 2 aliphatic carbocycles. The van der Waals surface area contributed by atoms with Crippen molar-refractivity contribution in [2.45, 2.75) is 58.0 Å². The molecule has 0 aromatic heterocycles. The van der Waals surface area contributed by atoms with Crippen LogP contribution < -0.4 is 0 Å². The molecule has 4 rings (SSSR count). The van der Waals surface area contributed by atoms with Crippen molar-refractivity contribution in [2.24, 2.45) is 11.3 Å². The number of hydrogen-bond acceptors (Lipinski definition) is 3. The van der Waals surface area contributed by atoms with Crippen LogP contribution in [0.1, 0.15) is 51.9 Å². The number of allylic oxidation sites excluding steroid dienone is 4. The molecule has 20 heavy (non-hydrogen) atoms. The Kier molecular flexibility index (Phi) is 2.65. The smallest absolute Gasteiger partial charge is 0.159 e. The Bertz CT molecular complexity index is 533. The molecule has 2 heterocycles. The number of hydrogen-bond donors (Lipinski definition) is 1. The molecule has 0 spiro atoms. The van der Waals surface area contributed by atoms with Crippen LogP contribution in [0.25, 0.3) is 0 Å². The van der Waals surface area contributed by atoms with Gasteiger partial charge >= 0.3 is 0 Å². The predicted octanol–water partition coefficient (Wildman–Crippen LogP) is 2.76. The first kappa shape index (κ1) is 12.6. The number of ketones is 1. The molecule has 0 saturated heterocycles. The minimum absolute atomic E-state index is 0.103. The molecule has 0 radical (unpaired) electrons. The maximum atomic E-state index is 11.6. The lowest BCUT2D eigenvalue weighted by Gasteiger charge is -2.47. The Morgan fingerprint density at radius 3 is 2.95 bits per heavy atom. The van der Waals surface area contributed by atoms with Crippen LogP contribution in [-0.4, -0.2) is 28.4 Å². The molecule has 1 unspecified atom stereocenters. The summed E-state index contributed by atoms with van der Waals surface area (Å²) in [5.41, 5.74) is 4.43. The van der Waals surface area contributed by atoms with Gasteiger partial charge in [-0.15, -0.1) is 0 Å². The number of carbonyl (C=O) groups is 1. The summed E-state index contributed by atoms with van der Waals surface area (Å²) >= 11 is 0. The van der Waals surface area contributed by atoms with E-state index < -0.39 is 0 Å². The minimum atomic E-state index is -0.124. The third kappa shape index (κ3) is 1.59. The molecule has 0 aromatic carbocycles. The number of aliphatic hydroxyl groups excluding tert-OH is 1. The van der Waals surface area contributed by atoms with E-state index in [9.17, 15) is 9.90 Å². The predicted molar refractivity (Wildman–Crippen MR) is 76.7 cm³/mol. The van der Waals surface area contributed by atoms with Crippen LogP contribution in [0.3, 0.4) is 0 Å². The standard InChI is InChI=1S/C17H23NO2/c1-17-8-6-15-13(14(17)4-5-16(17)20)3-2-11-10-12(19)7-9-18(11)15/h10,14,16,20H,2-9H2,1H3/t14?,16-,17-/m0/s1. The van der Waals surface area contributed by atoms with Crippen molar-refractivity contribution in [1.82, 2.24) is 4.90 Å². The van der Waals surface area contributed by atoms with Crippen LogP contribution in [0.2, 0.25) is 0 Å². The maximum Gasteiger partial charge on any atom is 0.159 e. The van der Waals surface area contributed by atoms with E-state index in [1.807, 2.05) is 6.08 Å². The van der Waals surface area contributed by atoms with Gasteiger partial charge in [0.2, 0.25) is 0 Å². The number of aliphatic hydroxyl groups is 1. The van der Waals surface area contributed by atoms with Crippen LogP contribution in [0.4, 0.5) is 0 Å². The summed E-state index contributed by atoms with van der Waals surface area (Å²) in [7, 11) is 0. The van der Waals surface area contributed by atoms with Gasteiger partial charge in [-0.05, 0) is 50.0 Å². The van der Waals surface area contributed by atoms with Crippen molar-refractivity contribution in [1.29, 1.82) is 0 Å². The van der Waals surface area contributed by atoms with E-state index in [1.54, 1.807) is 5.57 Å². The number of rotatable bonds is 0. The average molecular weight is 273 g/mol. The van der Waals surface area contributed by atoms with Gasteiger partial charge in [0.25, 0.3) is 0 Å². The Balaban J connectivity index is 1.74. The molecular weight excluding hydrogens is 250 g/mol. The summed E-state index contributed by atoms with van der Waals surface area (Å²) < 4.78 is 0. The van der Waals surface area contributed by atoms with Gasteiger partial charge in [0.05, 0.1) is 6.10 Å². The lowest BCUT2D eigenvalue weighted by molar-refractivity contribution is -0.115. The maximum absolute atomic E-state index is 11.6. The Morgan fingerprint density at radius 2 is 2.10 bits per heavy atom. The summed E-state index contributed by atoms with van der Waals surface area (Å²) in [5.74, 6) is 0.859. The molecule has 2 aliphatic heterocycles. The molecule has 1 fully saturated rings. The van der Waals surface area contributed by atoms with Crippen molar-refractivity contribution in [3.63, 3.8) is 0 Å². The highest BCUT2D eigenvalue weighted by Gasteiger charge is 2.51. The molecule has 1 saturated carbocycles. The summed E-state index contributed by atoms with van der Waals surface area (Å²) in [6, 6.07) is 0. The quantitative estimate of drug-likeness (QED) is 0.738. The second kappa shape index (κ2) is 4.20. The largest absolute Gasteiger partial charge is 0.393 e. The molecule has 3 heteroatoms. The highest BCUT2D eigenvalue weighted by Crippen LogP contribution is 2.57. The monoisotopic (exact) mass is 273 g/mol. The van der Waals surface area contributed by atoms with Crippen molar-refractivity contribution >= 4 is 5.78 Å². The summed E-state index contributed by atoms with van der Waals surface area (Å²) in [6.07, 6.45) is 8.77. The second-order valence-corrected chi connectivity index (χ2v) is 7.13. The van der Waals surface area contributed by atoms with Gasteiger partial charge in [-0.25, -0.2) is 0 Å². The first-order chi connectivity index (χ1) is 9.59. The SMILES string of the molecule is C[C@]12CCC3=C(CCC4=CC(=O)CCN43)C1CC[C@@H]2O. The van der Waals surface area contributed by atoms with Gasteiger partial charge in [-0.3, -0.25) is 4.79 Å². The number of carbonyl (C=O) groups excluding carboxylic acids is 1. The van der Waals surface area contributed by atoms with Gasteiger partial charge in [-0.2, -0.15) is 0 Å². The van der Waals surface area contributed by atoms with E-state index in [2.05, 4.69) is 11.8 Å². The van der Waals surface area contributed by atoms with Gasteiger partial charge < -0.3 is 10.0 Å². The first-order valence-corrected chi connectivity index (χ1v) is 8.00. The lowest BCUT2D eigenvalue weighted by Crippen LogP contribution is -2.42. The fourth-order valence-corrected chi connectivity index (χ4v) is 4.99. The third-order valence-electron chi connectivity index (χ3n) is 6.21. The normalized spacial score (nSPS) is 40.2. The summed E-state index contributed by atoms with van der Waals surface area (Å²) in [4.78, 5) is 14.0. The van der Waals surface area contributed by atoms with E-state index in [4.69, 9.17) is 0 Å². The van der Waals surface area contributed by atoms with Crippen molar-refractivity contribution < 1.29 is 9.90 Å². The molecule has 0 aromatic rings. The van der Waals surface area contributed by atoms with E-state index in [1.165, 1.54) is 11.4 Å². The molecule has 1 N–H and O–H groups in total. The molecule has 0 amide bonds. The van der Waals surface area contributed by atoms with E-state index in [0.29, 0.717) is 12.3 Å². The van der Waals surface area contributed by atoms with Crippen LogP contribution in [-0.2, 0) is 4.79 Å². The molecule has 3 nitrogen and oxygen atoms in total. The first-order valence-electron chi connectivity index (χ1n) is 8.00. The molecule has 4 aliphatic rings. The summed E-state index contributed by atoms with van der Waals surface area (Å²) in [5, 5.41) is 10.3. The average Bonchev–Trinajstić information content (AvgIpc) is 2.74. The van der Waals surface area contributed by atoms with Crippen molar-refractivity contribution in [3.8, 4) is 0 Å². The van der Waals surface area contributed by atoms with Gasteiger partial charge in [-0.1, -0.05) is 6.92 Å². The molecule has 0 bridgehead atoms. The van der Waals surface area contributed by atoms with Crippen LogP contribution in [0.5, 0.6) is 0 Å². The van der Waals surface area contributed by atoms with Crippen LogP contribution in [0.15, 0.2) is 23.0 Å². The highest BCUT2D eigenvalue weighted by molar-refractivity contribution is 5.91. The lowest BCUT2D eigenvalue weighted by atomic mass is 9.65. The highest BCUT2D eigenvalue weighted by atomic mass is 16.3. The Labute approximate surface area is 120 Å². The Morgan fingerprint density at radius 1 is 1.25 bits per heavy atom. The Hall–Kier alpha value is -1.09. The second-order valence-electron chi connectivity index (χ2n) is 7.13. The zero-order chi connectivity index (χ0) is 13.9. The number of fused-ring (bicyclic) bond motifs is 4. The van der Waals surface area contributed by atoms with Gasteiger partial charge in [0, 0.05) is 35.9 Å². The molecule has 3 atom stereocenters. The molecule has 108 valence electrons. The minimum Gasteiger partial charge on any atom is -0.393 e. The number of nitrogens with zero attached hydrogens (tertiary/aromatic N) is 1.